The quantitative estimate of drug-likeness (QED) is 0.770. The van der Waals surface area contributed by atoms with E-state index >= 15 is 0 Å². The monoisotopic (exact) mass is 312 g/mol. The van der Waals surface area contributed by atoms with Crippen molar-refractivity contribution in [2.24, 2.45) is 5.73 Å². The van der Waals surface area contributed by atoms with Crippen LogP contribution in [0.3, 0.4) is 0 Å². The van der Waals surface area contributed by atoms with Gasteiger partial charge in [-0.2, -0.15) is 0 Å². The van der Waals surface area contributed by atoms with Crippen molar-refractivity contribution in [3.8, 4) is 5.75 Å². The van der Waals surface area contributed by atoms with Crippen molar-refractivity contribution in [3.63, 3.8) is 0 Å². The van der Waals surface area contributed by atoms with Gasteiger partial charge in [0.1, 0.15) is 5.75 Å². The Kier molecular flexibility index (Phi) is 5.88. The van der Waals surface area contributed by atoms with E-state index in [9.17, 15) is 9.59 Å². The molecule has 1 amide bonds. The second-order valence-electron chi connectivity index (χ2n) is 5.18. The van der Waals surface area contributed by atoms with Crippen LogP contribution < -0.4 is 15.8 Å². The number of anilines is 1. The largest absolute Gasteiger partial charge is 0.494 e. The minimum atomic E-state index is -0.647. The molecule has 0 spiro atoms. The van der Waals surface area contributed by atoms with Crippen LogP contribution in [0.15, 0.2) is 54.6 Å². The fourth-order valence-corrected chi connectivity index (χ4v) is 1.98. The summed E-state index contributed by atoms with van der Waals surface area (Å²) in [5.74, 6) is 0.411. The molecule has 1 unspecified atom stereocenters. The number of nitrogens with one attached hydrogen (secondary N) is 1. The van der Waals surface area contributed by atoms with E-state index in [1.54, 1.807) is 36.4 Å². The zero-order valence-corrected chi connectivity index (χ0v) is 13.0. The minimum absolute atomic E-state index is 0.0103. The third-order valence-corrected chi connectivity index (χ3v) is 3.34. The summed E-state index contributed by atoms with van der Waals surface area (Å²) in [6.45, 7) is 1.84. The minimum Gasteiger partial charge on any atom is -0.494 e. The van der Waals surface area contributed by atoms with Crippen LogP contribution in [0.5, 0.6) is 5.75 Å². The normalized spacial score (nSPS) is 11.6. The Morgan fingerprint density at radius 3 is 2.35 bits per heavy atom. The Morgan fingerprint density at radius 2 is 1.74 bits per heavy atom. The first-order chi connectivity index (χ1) is 11.1. The third kappa shape index (κ3) is 5.23. The molecule has 2 aromatic carbocycles. The number of hydrogen-bond donors (Lipinski definition) is 2. The van der Waals surface area contributed by atoms with Gasteiger partial charge in [-0.25, -0.2) is 0 Å². The number of ether oxygens (including phenoxy) is 1. The van der Waals surface area contributed by atoms with Crippen molar-refractivity contribution < 1.29 is 14.3 Å². The molecule has 3 N–H and O–H groups in total. The van der Waals surface area contributed by atoms with Gasteiger partial charge in [-0.05, 0) is 43.3 Å². The molecule has 1 atom stereocenters. The molecule has 5 nitrogen and oxygen atoms in total. The number of ketones is 1. The topological polar surface area (TPSA) is 81.4 Å². The van der Waals surface area contributed by atoms with E-state index in [0.29, 0.717) is 30.0 Å². The smallest absolute Gasteiger partial charge is 0.241 e. The molecular weight excluding hydrogens is 292 g/mol. The van der Waals surface area contributed by atoms with E-state index in [1.807, 2.05) is 18.2 Å². The highest BCUT2D eigenvalue weighted by Crippen LogP contribution is 2.13. The van der Waals surface area contributed by atoms with E-state index in [0.717, 1.165) is 0 Å². The van der Waals surface area contributed by atoms with Crippen LogP contribution in [0.25, 0.3) is 0 Å². The molecule has 5 heteroatoms. The molecule has 0 saturated heterocycles. The van der Waals surface area contributed by atoms with Gasteiger partial charge < -0.3 is 15.8 Å². The number of Topliss-reactive ketones (excluding diaryl/α,β-unsaturated/α-hetero) is 1. The first-order valence-corrected chi connectivity index (χ1v) is 7.41. The molecule has 0 saturated carbocycles. The number of hydrogen-bond acceptors (Lipinski definition) is 4. The molecule has 0 aromatic heterocycles. The Balaban J connectivity index is 1.76. The van der Waals surface area contributed by atoms with E-state index in [2.05, 4.69) is 5.32 Å². The van der Waals surface area contributed by atoms with Gasteiger partial charge in [0, 0.05) is 17.7 Å². The number of amides is 1. The van der Waals surface area contributed by atoms with Crippen LogP contribution in [0.1, 0.15) is 23.7 Å². The molecule has 2 aromatic rings. The second-order valence-corrected chi connectivity index (χ2v) is 5.18. The third-order valence-electron chi connectivity index (χ3n) is 3.34. The van der Waals surface area contributed by atoms with Crippen molar-refractivity contribution >= 4 is 17.4 Å². The summed E-state index contributed by atoms with van der Waals surface area (Å²) in [5.41, 5.74) is 7.21. The number of carbonyl (C=O) groups excluding carboxylic acids is 2. The Morgan fingerprint density at radius 1 is 1.09 bits per heavy atom. The van der Waals surface area contributed by atoms with Gasteiger partial charge >= 0.3 is 0 Å². The fourth-order valence-electron chi connectivity index (χ4n) is 1.98. The van der Waals surface area contributed by atoms with E-state index in [-0.39, 0.29) is 11.7 Å². The standard InChI is InChI=1S/C18H20N2O3/c1-13(21)14-7-9-16(10-8-14)23-12-11-17(19)18(22)20-15-5-3-2-4-6-15/h2-10,17H,11-12,19H2,1H3,(H,20,22). The maximum absolute atomic E-state index is 11.9. The molecule has 0 radical (unpaired) electrons. The molecule has 0 aliphatic rings. The fraction of sp³-hybridized carbons (Fsp3) is 0.222. The van der Waals surface area contributed by atoms with E-state index in [4.69, 9.17) is 10.5 Å². The molecule has 23 heavy (non-hydrogen) atoms. The lowest BCUT2D eigenvalue weighted by Gasteiger charge is -2.13. The van der Waals surface area contributed by atoms with Gasteiger partial charge in [0.2, 0.25) is 5.91 Å². The maximum atomic E-state index is 11.9. The van der Waals surface area contributed by atoms with Crippen molar-refractivity contribution in [2.45, 2.75) is 19.4 Å². The first-order valence-electron chi connectivity index (χ1n) is 7.41. The summed E-state index contributed by atoms with van der Waals surface area (Å²) in [4.78, 5) is 23.1. The average molecular weight is 312 g/mol. The Hall–Kier alpha value is -2.66. The average Bonchev–Trinajstić information content (AvgIpc) is 2.56. The van der Waals surface area contributed by atoms with Crippen molar-refractivity contribution in [2.75, 3.05) is 11.9 Å². The lowest BCUT2D eigenvalue weighted by Crippen LogP contribution is -2.36. The van der Waals surface area contributed by atoms with Crippen LogP contribution in [0.4, 0.5) is 5.69 Å². The molecule has 0 bridgehead atoms. The summed E-state index contributed by atoms with van der Waals surface area (Å²) < 4.78 is 5.54. The van der Waals surface area contributed by atoms with Crippen LogP contribution in [0.2, 0.25) is 0 Å². The highest BCUT2D eigenvalue weighted by molar-refractivity contribution is 5.94. The predicted molar refractivity (Wildman–Crippen MR) is 89.6 cm³/mol. The molecule has 0 heterocycles. The molecular formula is C18H20N2O3. The lowest BCUT2D eigenvalue weighted by molar-refractivity contribution is -0.117. The molecule has 120 valence electrons. The van der Waals surface area contributed by atoms with E-state index < -0.39 is 6.04 Å². The summed E-state index contributed by atoms with van der Waals surface area (Å²) >= 11 is 0. The van der Waals surface area contributed by atoms with Crippen LogP contribution >= 0.6 is 0 Å². The van der Waals surface area contributed by atoms with Crippen molar-refractivity contribution in [1.29, 1.82) is 0 Å². The number of carbonyl (C=O) groups is 2. The van der Waals surface area contributed by atoms with Crippen LogP contribution in [0, 0.1) is 0 Å². The van der Waals surface area contributed by atoms with Crippen molar-refractivity contribution in [1.82, 2.24) is 0 Å². The molecule has 0 fully saturated rings. The highest BCUT2D eigenvalue weighted by Gasteiger charge is 2.13. The molecule has 2 rings (SSSR count). The maximum Gasteiger partial charge on any atom is 0.241 e. The van der Waals surface area contributed by atoms with Crippen LogP contribution in [-0.2, 0) is 4.79 Å². The summed E-state index contributed by atoms with van der Waals surface area (Å²) in [5, 5.41) is 2.75. The predicted octanol–water partition coefficient (Wildman–Crippen LogP) is 2.62. The van der Waals surface area contributed by atoms with Gasteiger partial charge in [0.05, 0.1) is 12.6 Å². The van der Waals surface area contributed by atoms with Gasteiger partial charge in [0.15, 0.2) is 5.78 Å². The van der Waals surface area contributed by atoms with Gasteiger partial charge in [-0.1, -0.05) is 18.2 Å². The SMILES string of the molecule is CC(=O)c1ccc(OCCC(N)C(=O)Nc2ccccc2)cc1. The number of nitrogens with two attached hydrogens (primary N) is 1. The van der Waals surface area contributed by atoms with Gasteiger partial charge in [0.25, 0.3) is 0 Å². The van der Waals surface area contributed by atoms with E-state index in [1.165, 1.54) is 6.92 Å². The number of benzene rings is 2. The highest BCUT2D eigenvalue weighted by atomic mass is 16.5. The zero-order chi connectivity index (χ0) is 16.7. The second kappa shape index (κ2) is 8.10. The Labute approximate surface area is 135 Å². The first kappa shape index (κ1) is 16.7. The van der Waals surface area contributed by atoms with Gasteiger partial charge in [-0.15, -0.1) is 0 Å². The zero-order valence-electron chi connectivity index (χ0n) is 13.0. The number of rotatable bonds is 7. The summed E-state index contributed by atoms with van der Waals surface area (Å²) in [6, 6.07) is 15.4. The lowest BCUT2D eigenvalue weighted by atomic mass is 10.1. The van der Waals surface area contributed by atoms with Crippen LogP contribution in [-0.4, -0.2) is 24.3 Å². The number of para-hydroxylation sites is 1. The van der Waals surface area contributed by atoms with Crippen molar-refractivity contribution in [3.05, 3.63) is 60.2 Å². The Bertz CT molecular complexity index is 654. The van der Waals surface area contributed by atoms with Gasteiger partial charge in [-0.3, -0.25) is 9.59 Å². The molecule has 0 aliphatic heterocycles. The summed E-state index contributed by atoms with van der Waals surface area (Å²) in [6.07, 6.45) is 0.396. The molecule has 0 aliphatic carbocycles. The summed E-state index contributed by atoms with van der Waals surface area (Å²) in [7, 11) is 0.